The Morgan fingerprint density at radius 1 is 1.33 bits per heavy atom. The number of rotatable bonds is 3. The van der Waals surface area contributed by atoms with E-state index in [-0.39, 0.29) is 5.97 Å². The van der Waals surface area contributed by atoms with Gasteiger partial charge in [-0.1, -0.05) is 18.3 Å². The van der Waals surface area contributed by atoms with Crippen molar-refractivity contribution < 1.29 is 9.53 Å². The Balaban J connectivity index is 1.83. The second kappa shape index (κ2) is 5.99. The zero-order chi connectivity index (χ0) is 14.8. The maximum Gasteiger partial charge on any atom is 0.337 e. The monoisotopic (exact) mass is 305 g/mol. The van der Waals surface area contributed by atoms with Gasteiger partial charge in [0.25, 0.3) is 0 Å². The summed E-state index contributed by atoms with van der Waals surface area (Å²) in [6, 6.07) is 5.53. The molecule has 0 amide bonds. The van der Waals surface area contributed by atoms with Gasteiger partial charge in [-0.15, -0.1) is 0 Å². The van der Waals surface area contributed by atoms with Crippen molar-refractivity contribution in [1.82, 2.24) is 9.88 Å². The van der Waals surface area contributed by atoms with E-state index < -0.39 is 0 Å². The molecule has 0 saturated carbocycles. The van der Waals surface area contributed by atoms with Crippen molar-refractivity contribution >= 4 is 32.7 Å². The van der Waals surface area contributed by atoms with Crippen LogP contribution < -0.4 is 4.90 Å². The number of hydrogen-bond acceptors (Lipinski definition) is 6. The molecule has 1 aromatic carbocycles. The van der Waals surface area contributed by atoms with Crippen LogP contribution in [0.5, 0.6) is 0 Å². The lowest BCUT2D eigenvalue weighted by Crippen LogP contribution is -2.46. The van der Waals surface area contributed by atoms with Gasteiger partial charge in [-0.2, -0.15) is 0 Å². The fourth-order valence-electron chi connectivity index (χ4n) is 2.55. The van der Waals surface area contributed by atoms with E-state index in [0.29, 0.717) is 5.56 Å². The van der Waals surface area contributed by atoms with Crippen LogP contribution in [0.4, 0.5) is 5.13 Å². The number of thiazole rings is 1. The van der Waals surface area contributed by atoms with E-state index in [2.05, 4.69) is 21.7 Å². The average Bonchev–Trinajstić information content (AvgIpc) is 2.97. The van der Waals surface area contributed by atoms with Crippen LogP contribution in [-0.4, -0.2) is 55.7 Å². The minimum Gasteiger partial charge on any atom is -0.465 e. The van der Waals surface area contributed by atoms with E-state index in [1.54, 1.807) is 17.4 Å². The Morgan fingerprint density at radius 2 is 2.10 bits per heavy atom. The van der Waals surface area contributed by atoms with Crippen molar-refractivity contribution in [2.45, 2.75) is 6.92 Å². The standard InChI is InChI=1S/C15H19N3O2S/c1-3-17-6-8-18(9-7-17)15-16-12-5-4-11(14(19)20-2)10-13(12)21-15/h4-5,10H,3,6-9H2,1-2H3. The molecule has 1 aliphatic rings. The maximum absolute atomic E-state index is 11.6. The highest BCUT2D eigenvalue weighted by Crippen LogP contribution is 2.30. The quantitative estimate of drug-likeness (QED) is 0.814. The van der Waals surface area contributed by atoms with Gasteiger partial charge < -0.3 is 14.5 Å². The molecule has 0 spiro atoms. The summed E-state index contributed by atoms with van der Waals surface area (Å²) in [5, 5.41) is 1.04. The number of esters is 1. The molecule has 0 aliphatic carbocycles. The second-order valence-electron chi connectivity index (χ2n) is 5.09. The summed E-state index contributed by atoms with van der Waals surface area (Å²) >= 11 is 1.64. The number of hydrogen-bond donors (Lipinski definition) is 0. The van der Waals surface area contributed by atoms with Gasteiger partial charge in [0.1, 0.15) is 0 Å². The summed E-state index contributed by atoms with van der Waals surface area (Å²) in [5.74, 6) is -0.302. The molecular formula is C15H19N3O2S. The molecule has 112 valence electrons. The number of ether oxygens (including phenoxy) is 1. The van der Waals surface area contributed by atoms with Gasteiger partial charge in [-0.3, -0.25) is 0 Å². The average molecular weight is 305 g/mol. The van der Waals surface area contributed by atoms with Crippen molar-refractivity contribution in [3.05, 3.63) is 23.8 Å². The van der Waals surface area contributed by atoms with Crippen molar-refractivity contribution in [3.8, 4) is 0 Å². The number of nitrogens with zero attached hydrogens (tertiary/aromatic N) is 3. The molecule has 2 heterocycles. The lowest BCUT2D eigenvalue weighted by Gasteiger charge is -2.33. The number of carbonyl (C=O) groups excluding carboxylic acids is 1. The molecule has 3 rings (SSSR count). The predicted molar refractivity (Wildman–Crippen MR) is 85.3 cm³/mol. The van der Waals surface area contributed by atoms with Crippen LogP contribution in [0.1, 0.15) is 17.3 Å². The van der Waals surface area contributed by atoms with Gasteiger partial charge in [0.2, 0.25) is 0 Å². The first-order chi connectivity index (χ1) is 10.2. The van der Waals surface area contributed by atoms with Crippen molar-refractivity contribution in [2.24, 2.45) is 0 Å². The van der Waals surface area contributed by atoms with Crippen LogP contribution in [0.25, 0.3) is 10.2 Å². The first-order valence-electron chi connectivity index (χ1n) is 7.17. The van der Waals surface area contributed by atoms with Gasteiger partial charge in [-0.25, -0.2) is 9.78 Å². The van der Waals surface area contributed by atoms with Crippen LogP contribution >= 0.6 is 11.3 Å². The zero-order valence-electron chi connectivity index (χ0n) is 12.3. The van der Waals surface area contributed by atoms with E-state index in [9.17, 15) is 4.79 Å². The maximum atomic E-state index is 11.6. The molecule has 0 unspecified atom stereocenters. The van der Waals surface area contributed by atoms with Crippen LogP contribution in [0, 0.1) is 0 Å². The van der Waals surface area contributed by atoms with Gasteiger partial charge in [0.05, 0.1) is 22.9 Å². The molecule has 1 fully saturated rings. The molecule has 0 atom stereocenters. The SMILES string of the molecule is CCN1CCN(c2nc3ccc(C(=O)OC)cc3s2)CC1. The van der Waals surface area contributed by atoms with Crippen molar-refractivity contribution in [3.63, 3.8) is 0 Å². The summed E-state index contributed by atoms with van der Waals surface area (Å²) in [6.45, 7) is 7.49. The minimum absolute atomic E-state index is 0.302. The highest BCUT2D eigenvalue weighted by molar-refractivity contribution is 7.22. The van der Waals surface area contributed by atoms with Gasteiger partial charge in [-0.05, 0) is 24.7 Å². The number of piperazine rings is 1. The molecule has 1 aliphatic heterocycles. The zero-order valence-corrected chi connectivity index (χ0v) is 13.2. The molecule has 21 heavy (non-hydrogen) atoms. The Hall–Kier alpha value is -1.66. The lowest BCUT2D eigenvalue weighted by molar-refractivity contribution is 0.0601. The van der Waals surface area contributed by atoms with Crippen LogP contribution in [-0.2, 0) is 4.74 Å². The number of methoxy groups -OCH3 is 1. The molecular weight excluding hydrogens is 286 g/mol. The molecule has 5 nitrogen and oxygen atoms in total. The Labute approximate surface area is 128 Å². The first-order valence-corrected chi connectivity index (χ1v) is 7.99. The van der Waals surface area contributed by atoms with Gasteiger partial charge in [0, 0.05) is 26.2 Å². The number of benzene rings is 1. The third kappa shape index (κ3) is 2.87. The normalized spacial score (nSPS) is 16.4. The number of likely N-dealkylation sites (N-methyl/N-ethyl adjacent to an activating group) is 1. The van der Waals surface area contributed by atoms with E-state index in [1.807, 2.05) is 12.1 Å². The molecule has 1 saturated heterocycles. The van der Waals surface area contributed by atoms with Gasteiger partial charge >= 0.3 is 5.97 Å². The Bertz CT molecular complexity index is 647. The molecule has 0 radical (unpaired) electrons. The topological polar surface area (TPSA) is 45.7 Å². The van der Waals surface area contributed by atoms with Crippen LogP contribution in [0.15, 0.2) is 18.2 Å². The molecule has 6 heteroatoms. The number of anilines is 1. The van der Waals surface area contributed by atoms with E-state index in [0.717, 1.165) is 48.1 Å². The van der Waals surface area contributed by atoms with Crippen molar-refractivity contribution in [2.75, 3.05) is 44.7 Å². The number of aromatic nitrogens is 1. The van der Waals surface area contributed by atoms with E-state index in [1.165, 1.54) is 7.11 Å². The number of fused-ring (bicyclic) bond motifs is 1. The first kappa shape index (κ1) is 14.3. The fraction of sp³-hybridized carbons (Fsp3) is 0.467. The Kier molecular flexibility index (Phi) is 4.07. The molecule has 0 bridgehead atoms. The van der Waals surface area contributed by atoms with E-state index in [4.69, 9.17) is 4.74 Å². The summed E-state index contributed by atoms with van der Waals surface area (Å²) < 4.78 is 5.79. The fourth-order valence-corrected chi connectivity index (χ4v) is 3.60. The summed E-state index contributed by atoms with van der Waals surface area (Å²) in [7, 11) is 1.40. The third-order valence-electron chi connectivity index (χ3n) is 3.89. The Morgan fingerprint density at radius 3 is 2.76 bits per heavy atom. The highest BCUT2D eigenvalue weighted by atomic mass is 32.1. The molecule has 1 aromatic heterocycles. The summed E-state index contributed by atoms with van der Waals surface area (Å²) in [5.41, 5.74) is 1.52. The van der Waals surface area contributed by atoms with E-state index >= 15 is 0 Å². The summed E-state index contributed by atoms with van der Waals surface area (Å²) in [6.07, 6.45) is 0. The smallest absolute Gasteiger partial charge is 0.337 e. The van der Waals surface area contributed by atoms with Crippen molar-refractivity contribution in [1.29, 1.82) is 0 Å². The van der Waals surface area contributed by atoms with Gasteiger partial charge in [0.15, 0.2) is 5.13 Å². The summed E-state index contributed by atoms with van der Waals surface area (Å²) in [4.78, 5) is 21.0. The third-order valence-corrected chi connectivity index (χ3v) is 4.97. The van der Waals surface area contributed by atoms with Crippen LogP contribution in [0.3, 0.4) is 0 Å². The number of carbonyl (C=O) groups is 1. The second-order valence-corrected chi connectivity index (χ2v) is 6.10. The van der Waals surface area contributed by atoms with Crippen LogP contribution in [0.2, 0.25) is 0 Å². The molecule has 2 aromatic rings. The lowest BCUT2D eigenvalue weighted by atomic mass is 10.2. The predicted octanol–water partition coefficient (Wildman–Crippen LogP) is 2.22. The minimum atomic E-state index is -0.302. The molecule has 0 N–H and O–H groups in total. The largest absolute Gasteiger partial charge is 0.465 e. The highest BCUT2D eigenvalue weighted by Gasteiger charge is 2.19.